The highest BCUT2D eigenvalue weighted by Crippen LogP contribution is 2.25. The van der Waals surface area contributed by atoms with Crippen molar-refractivity contribution >= 4 is 11.4 Å². The molecule has 0 spiro atoms. The van der Waals surface area contributed by atoms with Crippen LogP contribution in [0.2, 0.25) is 0 Å². The molecule has 0 radical (unpaired) electrons. The first-order valence-corrected chi connectivity index (χ1v) is 5.68. The van der Waals surface area contributed by atoms with Crippen LogP contribution in [0.1, 0.15) is 16.9 Å². The van der Waals surface area contributed by atoms with Crippen LogP contribution in [-0.2, 0) is 6.54 Å². The molecule has 0 unspecified atom stereocenters. The third-order valence-corrected chi connectivity index (χ3v) is 2.97. The predicted octanol–water partition coefficient (Wildman–Crippen LogP) is 3.12. The molecule has 90 valence electrons. The molecule has 2 rings (SSSR count). The molecule has 2 N–H and O–H groups in total. The zero-order valence-electron chi connectivity index (χ0n) is 10.5. The third kappa shape index (κ3) is 2.44. The molecule has 2 aromatic rings. The van der Waals surface area contributed by atoms with Gasteiger partial charge in [-0.1, -0.05) is 6.07 Å². The highest BCUT2D eigenvalue weighted by molar-refractivity contribution is 5.68. The number of nitrogens with two attached hydrogens (primary N) is 1. The fourth-order valence-electron chi connectivity index (χ4n) is 1.90. The highest BCUT2D eigenvalue weighted by atomic mass is 16.3. The Morgan fingerprint density at radius 3 is 2.65 bits per heavy atom. The number of furan rings is 1. The molecule has 1 aromatic heterocycles. The van der Waals surface area contributed by atoms with Gasteiger partial charge in [0.1, 0.15) is 5.76 Å². The Balaban J connectivity index is 2.23. The number of rotatable bonds is 3. The van der Waals surface area contributed by atoms with E-state index in [2.05, 4.69) is 17.9 Å². The Hall–Kier alpha value is -1.90. The van der Waals surface area contributed by atoms with Crippen LogP contribution in [0.3, 0.4) is 0 Å². The van der Waals surface area contributed by atoms with Gasteiger partial charge in [0, 0.05) is 19.2 Å². The van der Waals surface area contributed by atoms with Crippen molar-refractivity contribution in [2.45, 2.75) is 20.4 Å². The Bertz CT molecular complexity index is 517. The lowest BCUT2D eigenvalue weighted by molar-refractivity contribution is 0.529. The minimum atomic E-state index is 0.802. The zero-order valence-corrected chi connectivity index (χ0v) is 10.5. The second kappa shape index (κ2) is 4.53. The number of nitrogen functional groups attached to an aromatic ring is 1. The van der Waals surface area contributed by atoms with E-state index in [-0.39, 0.29) is 0 Å². The van der Waals surface area contributed by atoms with Gasteiger partial charge in [0.05, 0.1) is 17.6 Å². The molecule has 3 nitrogen and oxygen atoms in total. The molecule has 1 aromatic carbocycles. The minimum Gasteiger partial charge on any atom is -0.469 e. The summed E-state index contributed by atoms with van der Waals surface area (Å²) in [7, 11) is 2.04. The fourth-order valence-corrected chi connectivity index (χ4v) is 1.90. The van der Waals surface area contributed by atoms with Gasteiger partial charge in [-0.2, -0.15) is 0 Å². The Morgan fingerprint density at radius 2 is 2.00 bits per heavy atom. The van der Waals surface area contributed by atoms with E-state index in [1.54, 1.807) is 6.26 Å². The van der Waals surface area contributed by atoms with E-state index in [1.165, 1.54) is 11.1 Å². The van der Waals surface area contributed by atoms with Crippen LogP contribution >= 0.6 is 0 Å². The van der Waals surface area contributed by atoms with Gasteiger partial charge in [0.15, 0.2) is 0 Å². The highest BCUT2D eigenvalue weighted by Gasteiger charge is 2.09. The number of nitrogens with zero attached hydrogens (tertiary/aromatic N) is 1. The molecule has 0 aliphatic heterocycles. The number of benzene rings is 1. The van der Waals surface area contributed by atoms with Gasteiger partial charge in [-0.3, -0.25) is 0 Å². The molecular weight excluding hydrogens is 212 g/mol. The van der Waals surface area contributed by atoms with E-state index in [0.717, 1.165) is 23.7 Å². The maximum atomic E-state index is 5.99. The van der Waals surface area contributed by atoms with E-state index < -0.39 is 0 Å². The van der Waals surface area contributed by atoms with Crippen molar-refractivity contribution in [3.8, 4) is 0 Å². The van der Waals surface area contributed by atoms with Crippen LogP contribution in [0.4, 0.5) is 11.4 Å². The van der Waals surface area contributed by atoms with Crippen molar-refractivity contribution in [2.24, 2.45) is 0 Å². The lowest BCUT2D eigenvalue weighted by atomic mass is 10.1. The summed E-state index contributed by atoms with van der Waals surface area (Å²) in [6, 6.07) is 8.07. The predicted molar refractivity (Wildman–Crippen MR) is 71.1 cm³/mol. The van der Waals surface area contributed by atoms with Crippen molar-refractivity contribution in [1.29, 1.82) is 0 Å². The number of anilines is 2. The Kier molecular flexibility index (Phi) is 3.09. The van der Waals surface area contributed by atoms with Crippen LogP contribution in [0.25, 0.3) is 0 Å². The van der Waals surface area contributed by atoms with Gasteiger partial charge in [0.2, 0.25) is 0 Å². The van der Waals surface area contributed by atoms with E-state index in [1.807, 2.05) is 32.2 Å². The van der Waals surface area contributed by atoms with Crippen molar-refractivity contribution in [2.75, 3.05) is 17.7 Å². The summed E-state index contributed by atoms with van der Waals surface area (Å²) in [6.45, 7) is 4.85. The number of aryl methyl sites for hydroxylation is 2. The quantitative estimate of drug-likeness (QED) is 0.824. The first-order valence-electron chi connectivity index (χ1n) is 5.68. The first kappa shape index (κ1) is 11.6. The van der Waals surface area contributed by atoms with E-state index >= 15 is 0 Å². The summed E-state index contributed by atoms with van der Waals surface area (Å²) in [5, 5.41) is 0. The van der Waals surface area contributed by atoms with Crippen LogP contribution in [0.15, 0.2) is 34.9 Å². The molecule has 1 heterocycles. The lowest BCUT2D eigenvalue weighted by Gasteiger charge is -2.21. The summed E-state index contributed by atoms with van der Waals surface area (Å²) >= 11 is 0. The largest absolute Gasteiger partial charge is 0.469 e. The van der Waals surface area contributed by atoms with Crippen molar-refractivity contribution in [3.05, 3.63) is 47.4 Å². The van der Waals surface area contributed by atoms with Crippen LogP contribution in [0.5, 0.6) is 0 Å². The molecule has 0 aliphatic carbocycles. The molecule has 0 atom stereocenters. The second-order valence-electron chi connectivity index (χ2n) is 4.42. The summed E-state index contributed by atoms with van der Waals surface area (Å²) in [6.07, 6.45) is 1.72. The SMILES string of the molecule is Cc1ccc(N)c(N(C)Cc2ccoc2C)c1. The molecule has 3 heteroatoms. The van der Waals surface area contributed by atoms with Crippen molar-refractivity contribution < 1.29 is 4.42 Å². The topological polar surface area (TPSA) is 42.4 Å². The van der Waals surface area contributed by atoms with Crippen LogP contribution in [-0.4, -0.2) is 7.05 Å². The molecule has 0 amide bonds. The van der Waals surface area contributed by atoms with Gasteiger partial charge in [-0.25, -0.2) is 0 Å². The van der Waals surface area contributed by atoms with E-state index in [9.17, 15) is 0 Å². The fraction of sp³-hybridized carbons (Fsp3) is 0.286. The van der Waals surface area contributed by atoms with Crippen LogP contribution < -0.4 is 10.6 Å². The monoisotopic (exact) mass is 230 g/mol. The molecule has 0 saturated heterocycles. The average Bonchev–Trinajstić information content (AvgIpc) is 2.68. The standard InChI is InChI=1S/C14H18N2O/c1-10-4-5-13(15)14(8-10)16(3)9-12-6-7-17-11(12)2/h4-8H,9,15H2,1-3H3. The summed E-state index contributed by atoms with van der Waals surface area (Å²) in [5.74, 6) is 0.961. The van der Waals surface area contributed by atoms with Gasteiger partial charge in [-0.15, -0.1) is 0 Å². The summed E-state index contributed by atoms with van der Waals surface area (Å²) < 4.78 is 5.30. The lowest BCUT2D eigenvalue weighted by Crippen LogP contribution is -2.18. The van der Waals surface area contributed by atoms with Crippen molar-refractivity contribution in [3.63, 3.8) is 0 Å². The Labute approximate surface area is 102 Å². The van der Waals surface area contributed by atoms with Gasteiger partial charge >= 0.3 is 0 Å². The third-order valence-electron chi connectivity index (χ3n) is 2.97. The number of hydrogen-bond donors (Lipinski definition) is 1. The molecular formula is C14H18N2O. The molecule has 0 aliphatic rings. The summed E-state index contributed by atoms with van der Waals surface area (Å²) in [4.78, 5) is 2.14. The maximum absolute atomic E-state index is 5.99. The Morgan fingerprint density at radius 1 is 1.24 bits per heavy atom. The van der Waals surface area contributed by atoms with E-state index in [0.29, 0.717) is 0 Å². The van der Waals surface area contributed by atoms with Gasteiger partial charge in [0.25, 0.3) is 0 Å². The summed E-state index contributed by atoms with van der Waals surface area (Å²) in [5.41, 5.74) is 10.3. The van der Waals surface area contributed by atoms with Gasteiger partial charge < -0.3 is 15.1 Å². The van der Waals surface area contributed by atoms with Crippen LogP contribution in [0, 0.1) is 13.8 Å². The average molecular weight is 230 g/mol. The van der Waals surface area contributed by atoms with E-state index in [4.69, 9.17) is 10.2 Å². The minimum absolute atomic E-state index is 0.802. The first-order chi connectivity index (χ1) is 8.08. The molecule has 0 fully saturated rings. The molecule has 0 bridgehead atoms. The maximum Gasteiger partial charge on any atom is 0.105 e. The normalized spacial score (nSPS) is 10.5. The number of hydrogen-bond acceptors (Lipinski definition) is 3. The molecule has 0 saturated carbocycles. The zero-order chi connectivity index (χ0) is 12.4. The second-order valence-corrected chi connectivity index (χ2v) is 4.42. The molecule has 17 heavy (non-hydrogen) atoms. The van der Waals surface area contributed by atoms with Crippen molar-refractivity contribution in [1.82, 2.24) is 0 Å². The smallest absolute Gasteiger partial charge is 0.105 e. The van der Waals surface area contributed by atoms with Gasteiger partial charge in [-0.05, 0) is 37.6 Å².